The second-order valence-corrected chi connectivity index (χ2v) is 14.0. The molecule has 4 heterocycles. The topological polar surface area (TPSA) is 126 Å². The highest BCUT2D eigenvalue weighted by molar-refractivity contribution is 7.89. The summed E-state index contributed by atoms with van der Waals surface area (Å²) in [6.07, 6.45) is 6.94. The van der Waals surface area contributed by atoms with Crippen molar-refractivity contribution < 1.29 is 27.1 Å². The molecule has 3 fully saturated rings. The lowest BCUT2D eigenvalue weighted by atomic mass is 9.72. The number of hydrogen-bond donors (Lipinski definition) is 2. The highest BCUT2D eigenvalue weighted by Crippen LogP contribution is 2.45. The monoisotopic (exact) mass is 604 g/mol. The number of carbonyl (C=O) groups excluding carboxylic acids is 1. The molecule has 3 aliphatic rings. The number of piperidine rings is 1. The standard InChI is InChI=1S/C29H41FN6O5S/c1-4-42(38,39)34-22-6-7-23(40-16-22)15-35-11-9-29(10-12-35)17-36(18-29)27-26(14-31-19-32-27)41-25-8-5-21(30)13-24(25)28(37)33-20(2)3/h5,8,13-14,19-20,22-23,34H,4,6-7,9-12,15-18H2,1-3H3,(H,33,37)/t22-,23+/m1/s1. The smallest absolute Gasteiger partial charge is 0.255 e. The maximum absolute atomic E-state index is 14.0. The number of likely N-dealkylation sites (tertiary alicyclic amines) is 1. The molecule has 1 aromatic heterocycles. The molecule has 3 saturated heterocycles. The molecule has 230 valence electrons. The van der Waals surface area contributed by atoms with Crippen molar-refractivity contribution >= 4 is 21.7 Å². The van der Waals surface area contributed by atoms with E-state index in [2.05, 4.69) is 29.8 Å². The van der Waals surface area contributed by atoms with Gasteiger partial charge < -0.3 is 24.6 Å². The minimum atomic E-state index is -3.22. The number of rotatable bonds is 10. The first-order chi connectivity index (χ1) is 20.0. The van der Waals surface area contributed by atoms with Crippen LogP contribution in [0.1, 0.15) is 56.8 Å². The summed E-state index contributed by atoms with van der Waals surface area (Å²) in [5, 5.41) is 2.79. The number of nitrogens with zero attached hydrogens (tertiary/aromatic N) is 4. The van der Waals surface area contributed by atoms with Gasteiger partial charge in [-0.2, -0.15) is 0 Å². The summed E-state index contributed by atoms with van der Waals surface area (Å²) in [5.74, 6) is 0.471. The SMILES string of the molecule is CCS(=O)(=O)N[C@@H]1CC[C@@H](CN2CCC3(CC2)CN(c2ncncc2Oc2ccc(F)cc2C(=O)NC(C)C)C3)OC1. The Kier molecular flexibility index (Phi) is 9.31. The number of anilines is 1. The molecule has 0 radical (unpaired) electrons. The van der Waals surface area contributed by atoms with Gasteiger partial charge in [-0.05, 0) is 77.7 Å². The van der Waals surface area contributed by atoms with E-state index in [0.29, 0.717) is 18.2 Å². The van der Waals surface area contributed by atoms with Gasteiger partial charge in [0, 0.05) is 37.1 Å². The van der Waals surface area contributed by atoms with Crippen molar-refractivity contribution in [1.29, 1.82) is 0 Å². The zero-order valence-electron chi connectivity index (χ0n) is 24.5. The number of ether oxygens (including phenoxy) is 2. The van der Waals surface area contributed by atoms with Gasteiger partial charge in [0.25, 0.3) is 5.91 Å². The van der Waals surface area contributed by atoms with Crippen molar-refractivity contribution in [3.05, 3.63) is 42.1 Å². The van der Waals surface area contributed by atoms with Crippen LogP contribution in [0.15, 0.2) is 30.7 Å². The van der Waals surface area contributed by atoms with Crippen molar-refractivity contribution in [3.63, 3.8) is 0 Å². The van der Waals surface area contributed by atoms with Gasteiger partial charge in [-0.1, -0.05) is 0 Å². The molecule has 0 saturated carbocycles. The van der Waals surface area contributed by atoms with E-state index in [1.165, 1.54) is 24.5 Å². The number of carbonyl (C=O) groups is 1. The summed E-state index contributed by atoms with van der Waals surface area (Å²) in [5.41, 5.74) is 0.319. The van der Waals surface area contributed by atoms with Gasteiger partial charge in [-0.15, -0.1) is 0 Å². The Morgan fingerprint density at radius 2 is 1.98 bits per heavy atom. The van der Waals surface area contributed by atoms with Crippen LogP contribution >= 0.6 is 0 Å². The number of hydrogen-bond acceptors (Lipinski definition) is 9. The minimum Gasteiger partial charge on any atom is -0.451 e. The number of amides is 1. The van der Waals surface area contributed by atoms with E-state index < -0.39 is 21.7 Å². The van der Waals surface area contributed by atoms with Gasteiger partial charge in [-0.25, -0.2) is 27.5 Å². The van der Waals surface area contributed by atoms with Gasteiger partial charge in [-0.3, -0.25) is 4.79 Å². The molecule has 13 heteroatoms. The first-order valence-electron chi connectivity index (χ1n) is 14.7. The lowest BCUT2D eigenvalue weighted by Gasteiger charge is -2.54. The fourth-order valence-corrected chi connectivity index (χ4v) is 6.81. The lowest BCUT2D eigenvalue weighted by Crippen LogP contribution is -2.61. The van der Waals surface area contributed by atoms with Crippen LogP contribution in [0, 0.1) is 11.2 Å². The molecule has 2 aromatic rings. The maximum atomic E-state index is 14.0. The van der Waals surface area contributed by atoms with Crippen molar-refractivity contribution in [1.82, 2.24) is 24.9 Å². The van der Waals surface area contributed by atoms with Gasteiger partial charge in [0.05, 0.1) is 30.2 Å². The molecule has 2 N–H and O–H groups in total. The zero-order valence-corrected chi connectivity index (χ0v) is 25.3. The maximum Gasteiger partial charge on any atom is 0.255 e. The number of halogens is 1. The van der Waals surface area contributed by atoms with Crippen LogP contribution in [0.3, 0.4) is 0 Å². The molecule has 0 bridgehead atoms. The average molecular weight is 605 g/mol. The third-order valence-electron chi connectivity index (χ3n) is 8.31. The van der Waals surface area contributed by atoms with E-state index in [9.17, 15) is 17.6 Å². The fourth-order valence-electron chi connectivity index (χ4n) is 5.95. The Balaban J connectivity index is 1.14. The molecule has 11 nitrogen and oxygen atoms in total. The van der Waals surface area contributed by atoms with E-state index >= 15 is 0 Å². The van der Waals surface area contributed by atoms with Crippen LogP contribution < -0.4 is 19.7 Å². The van der Waals surface area contributed by atoms with E-state index in [0.717, 1.165) is 58.4 Å². The molecule has 1 spiro atoms. The quantitative estimate of drug-likeness (QED) is 0.421. The van der Waals surface area contributed by atoms with Crippen molar-refractivity contribution in [2.75, 3.05) is 50.0 Å². The molecule has 42 heavy (non-hydrogen) atoms. The predicted octanol–water partition coefficient (Wildman–Crippen LogP) is 2.94. The highest BCUT2D eigenvalue weighted by atomic mass is 32.2. The van der Waals surface area contributed by atoms with Gasteiger partial charge in [0.1, 0.15) is 17.9 Å². The first-order valence-corrected chi connectivity index (χ1v) is 16.4. The number of nitrogens with one attached hydrogen (secondary N) is 2. The van der Waals surface area contributed by atoms with E-state index in [1.807, 2.05) is 13.8 Å². The third kappa shape index (κ3) is 7.36. The van der Waals surface area contributed by atoms with Crippen LogP contribution in [0.4, 0.5) is 10.2 Å². The van der Waals surface area contributed by atoms with Gasteiger partial charge in [0.15, 0.2) is 11.6 Å². The lowest BCUT2D eigenvalue weighted by molar-refractivity contribution is -0.0299. The van der Waals surface area contributed by atoms with Gasteiger partial charge >= 0.3 is 0 Å². The zero-order chi connectivity index (χ0) is 29.9. The van der Waals surface area contributed by atoms with Gasteiger partial charge in [0.2, 0.25) is 10.0 Å². The molecular weight excluding hydrogens is 563 g/mol. The Labute approximate surface area is 247 Å². The second kappa shape index (κ2) is 12.8. The number of sulfonamides is 1. The minimum absolute atomic E-state index is 0.0811. The number of aromatic nitrogens is 2. The Morgan fingerprint density at radius 3 is 2.64 bits per heavy atom. The van der Waals surface area contributed by atoms with Crippen LogP contribution in [0.25, 0.3) is 0 Å². The van der Waals surface area contributed by atoms with Crippen LogP contribution in [0.2, 0.25) is 0 Å². The van der Waals surface area contributed by atoms with E-state index in [-0.39, 0.29) is 40.7 Å². The fraction of sp³-hybridized carbons (Fsp3) is 0.621. The first kappa shape index (κ1) is 30.6. The molecule has 0 unspecified atom stereocenters. The van der Waals surface area contributed by atoms with E-state index in [1.54, 1.807) is 13.1 Å². The van der Waals surface area contributed by atoms with Crippen LogP contribution in [-0.2, 0) is 14.8 Å². The second-order valence-electron chi connectivity index (χ2n) is 12.0. The van der Waals surface area contributed by atoms with Crippen LogP contribution in [-0.4, -0.2) is 92.5 Å². The normalized spacial score (nSPS) is 22.6. The van der Waals surface area contributed by atoms with Crippen molar-refractivity contribution in [3.8, 4) is 11.5 Å². The molecule has 3 aliphatic heterocycles. The number of benzene rings is 1. The Hall–Kier alpha value is -2.87. The molecule has 5 rings (SSSR count). The summed E-state index contributed by atoms with van der Waals surface area (Å²) in [4.78, 5) is 25.9. The molecule has 0 aliphatic carbocycles. The molecular formula is C29H41FN6O5S. The summed E-state index contributed by atoms with van der Waals surface area (Å²) >= 11 is 0. The summed E-state index contributed by atoms with van der Waals surface area (Å²) < 4.78 is 52.5. The van der Waals surface area contributed by atoms with Crippen molar-refractivity contribution in [2.45, 2.75) is 64.6 Å². The predicted molar refractivity (Wildman–Crippen MR) is 157 cm³/mol. The average Bonchev–Trinajstić information content (AvgIpc) is 2.94. The Morgan fingerprint density at radius 1 is 1.21 bits per heavy atom. The summed E-state index contributed by atoms with van der Waals surface area (Å²) in [6, 6.07) is 3.65. The van der Waals surface area contributed by atoms with Crippen LogP contribution in [0.5, 0.6) is 11.5 Å². The Bertz CT molecular complexity index is 1350. The van der Waals surface area contributed by atoms with E-state index in [4.69, 9.17) is 9.47 Å². The summed E-state index contributed by atoms with van der Waals surface area (Å²) in [6.45, 7) is 10.3. The molecule has 2 atom stereocenters. The third-order valence-corrected chi connectivity index (χ3v) is 9.76. The highest BCUT2D eigenvalue weighted by Gasteiger charge is 2.46. The molecule has 1 amide bonds. The largest absolute Gasteiger partial charge is 0.451 e. The summed E-state index contributed by atoms with van der Waals surface area (Å²) in [7, 11) is -3.22. The molecule has 1 aromatic carbocycles. The van der Waals surface area contributed by atoms with Crippen molar-refractivity contribution in [2.24, 2.45) is 5.41 Å².